The van der Waals surface area contributed by atoms with Gasteiger partial charge in [0.25, 0.3) is 5.56 Å². The Morgan fingerprint density at radius 2 is 2.05 bits per heavy atom. The summed E-state index contributed by atoms with van der Waals surface area (Å²) in [5.74, 6) is 0.584. The minimum Gasteiger partial charge on any atom is -0.315 e. The lowest BCUT2D eigenvalue weighted by atomic mass is 10.1. The first-order valence-corrected chi connectivity index (χ1v) is 7.56. The van der Waals surface area contributed by atoms with Crippen molar-refractivity contribution in [2.45, 2.75) is 33.7 Å². The van der Waals surface area contributed by atoms with Gasteiger partial charge in [0.2, 0.25) is 0 Å². The normalized spacial score (nSPS) is 11.5. The smallest absolute Gasteiger partial charge is 0.251 e. The minimum atomic E-state index is 0.0186. The van der Waals surface area contributed by atoms with E-state index in [0.717, 1.165) is 35.4 Å². The van der Waals surface area contributed by atoms with E-state index in [-0.39, 0.29) is 5.56 Å². The monoisotopic (exact) mass is 296 g/mol. The van der Waals surface area contributed by atoms with E-state index < -0.39 is 0 Å². The molecule has 0 bridgehead atoms. The van der Waals surface area contributed by atoms with Crippen LogP contribution >= 0.6 is 0 Å². The Hall–Kier alpha value is -2.43. The first kappa shape index (κ1) is 14.5. The van der Waals surface area contributed by atoms with Crippen molar-refractivity contribution in [3.63, 3.8) is 0 Å². The number of rotatable bonds is 4. The molecule has 5 nitrogen and oxygen atoms in total. The van der Waals surface area contributed by atoms with Crippen LogP contribution in [0.15, 0.2) is 41.6 Å². The third-order valence-electron chi connectivity index (χ3n) is 3.78. The summed E-state index contributed by atoms with van der Waals surface area (Å²) in [6.45, 7) is 7.05. The zero-order valence-electron chi connectivity index (χ0n) is 13.2. The average Bonchev–Trinajstić information content (AvgIpc) is 2.87. The average molecular weight is 296 g/mol. The van der Waals surface area contributed by atoms with E-state index in [1.165, 1.54) is 0 Å². The zero-order valence-corrected chi connectivity index (χ0v) is 13.2. The van der Waals surface area contributed by atoms with Crippen molar-refractivity contribution in [2.75, 3.05) is 0 Å². The lowest BCUT2D eigenvalue weighted by molar-refractivity contribution is 0.508. The highest BCUT2D eigenvalue weighted by Crippen LogP contribution is 2.17. The van der Waals surface area contributed by atoms with Gasteiger partial charge in [-0.1, -0.05) is 13.8 Å². The molecule has 0 N–H and O–H groups in total. The lowest BCUT2D eigenvalue weighted by Gasteiger charge is -2.09. The van der Waals surface area contributed by atoms with Crippen LogP contribution in [-0.2, 0) is 6.54 Å². The number of hydrogen-bond acceptors (Lipinski definition) is 3. The maximum Gasteiger partial charge on any atom is 0.251 e. The molecule has 114 valence electrons. The predicted molar refractivity (Wildman–Crippen MR) is 86.9 cm³/mol. The summed E-state index contributed by atoms with van der Waals surface area (Å²) < 4.78 is 3.49. The second-order valence-corrected chi connectivity index (χ2v) is 6.04. The molecule has 0 aliphatic carbocycles. The molecule has 0 aliphatic heterocycles. The number of pyridine rings is 1. The van der Waals surface area contributed by atoms with Crippen LogP contribution in [-0.4, -0.2) is 19.2 Å². The van der Waals surface area contributed by atoms with Crippen LogP contribution in [0, 0.1) is 12.8 Å². The van der Waals surface area contributed by atoms with Crippen molar-refractivity contribution < 1.29 is 0 Å². The van der Waals surface area contributed by atoms with Crippen LogP contribution < -0.4 is 5.56 Å². The quantitative estimate of drug-likeness (QED) is 0.744. The fourth-order valence-corrected chi connectivity index (χ4v) is 2.39. The molecule has 0 saturated carbocycles. The molecule has 5 heteroatoms. The van der Waals surface area contributed by atoms with Crippen LogP contribution in [0.1, 0.15) is 25.8 Å². The van der Waals surface area contributed by atoms with Gasteiger partial charge >= 0.3 is 0 Å². The van der Waals surface area contributed by atoms with Crippen molar-refractivity contribution >= 4 is 5.65 Å². The van der Waals surface area contributed by atoms with Crippen LogP contribution in [0.4, 0.5) is 0 Å². The maximum atomic E-state index is 12.2. The fraction of sp³-hybridized carbons (Fsp3) is 0.353. The van der Waals surface area contributed by atoms with Gasteiger partial charge in [-0.25, -0.2) is 9.50 Å². The maximum absolute atomic E-state index is 12.2. The molecule has 0 spiro atoms. The Morgan fingerprint density at radius 1 is 1.23 bits per heavy atom. The van der Waals surface area contributed by atoms with Crippen molar-refractivity contribution in [3.8, 4) is 11.3 Å². The number of aryl methyl sites for hydroxylation is 2. The van der Waals surface area contributed by atoms with E-state index in [1.807, 2.05) is 31.5 Å². The topological polar surface area (TPSA) is 52.2 Å². The summed E-state index contributed by atoms with van der Waals surface area (Å²) in [6, 6.07) is 5.49. The van der Waals surface area contributed by atoms with Gasteiger partial charge in [-0.3, -0.25) is 4.79 Å². The van der Waals surface area contributed by atoms with Gasteiger partial charge < -0.3 is 4.57 Å². The van der Waals surface area contributed by atoms with Crippen molar-refractivity contribution in [1.29, 1.82) is 0 Å². The molecule has 3 aromatic heterocycles. The molecule has 3 rings (SSSR count). The molecular weight excluding hydrogens is 276 g/mol. The van der Waals surface area contributed by atoms with E-state index in [9.17, 15) is 4.79 Å². The Bertz CT molecular complexity index is 860. The number of hydrogen-bond donors (Lipinski definition) is 0. The predicted octanol–water partition coefficient (Wildman–Crippen LogP) is 2.91. The molecule has 0 radical (unpaired) electrons. The van der Waals surface area contributed by atoms with Crippen molar-refractivity contribution in [3.05, 3.63) is 52.7 Å². The highest BCUT2D eigenvalue weighted by Gasteiger charge is 2.07. The Kier molecular flexibility index (Phi) is 3.79. The SMILES string of the molecule is Cc1cnn2ccc(-c3ccn(CCC(C)C)c(=O)c3)nc12. The molecule has 0 aromatic carbocycles. The first-order chi connectivity index (χ1) is 10.5. The summed E-state index contributed by atoms with van der Waals surface area (Å²) >= 11 is 0. The number of nitrogens with zero attached hydrogens (tertiary/aromatic N) is 4. The van der Waals surface area contributed by atoms with Gasteiger partial charge in [-0.2, -0.15) is 5.10 Å². The van der Waals surface area contributed by atoms with Gasteiger partial charge in [0.1, 0.15) is 0 Å². The Labute approximate surface area is 129 Å². The van der Waals surface area contributed by atoms with E-state index in [2.05, 4.69) is 23.9 Å². The summed E-state index contributed by atoms with van der Waals surface area (Å²) in [6.07, 6.45) is 6.51. The van der Waals surface area contributed by atoms with Gasteiger partial charge in [0.15, 0.2) is 5.65 Å². The first-order valence-electron chi connectivity index (χ1n) is 7.56. The molecule has 0 saturated heterocycles. The second kappa shape index (κ2) is 5.75. The lowest BCUT2D eigenvalue weighted by Crippen LogP contribution is -2.19. The van der Waals surface area contributed by atoms with Crippen LogP contribution in [0.2, 0.25) is 0 Å². The van der Waals surface area contributed by atoms with Crippen LogP contribution in [0.3, 0.4) is 0 Å². The molecule has 3 heterocycles. The van der Waals surface area contributed by atoms with Crippen LogP contribution in [0.25, 0.3) is 16.9 Å². The molecule has 0 fully saturated rings. The van der Waals surface area contributed by atoms with E-state index >= 15 is 0 Å². The largest absolute Gasteiger partial charge is 0.315 e. The number of fused-ring (bicyclic) bond motifs is 1. The minimum absolute atomic E-state index is 0.0186. The molecule has 0 aliphatic rings. The zero-order chi connectivity index (χ0) is 15.7. The fourth-order valence-electron chi connectivity index (χ4n) is 2.39. The molecular formula is C17H20N4O. The van der Waals surface area contributed by atoms with E-state index in [0.29, 0.717) is 5.92 Å². The summed E-state index contributed by atoms with van der Waals surface area (Å²) in [5, 5.41) is 4.21. The number of aromatic nitrogens is 4. The summed E-state index contributed by atoms with van der Waals surface area (Å²) in [7, 11) is 0. The highest BCUT2D eigenvalue weighted by molar-refractivity contribution is 5.61. The second-order valence-electron chi connectivity index (χ2n) is 6.04. The Balaban J connectivity index is 1.95. The van der Waals surface area contributed by atoms with Gasteiger partial charge in [-0.05, 0) is 31.4 Å². The van der Waals surface area contributed by atoms with E-state index in [1.54, 1.807) is 21.3 Å². The molecule has 0 unspecified atom stereocenters. The van der Waals surface area contributed by atoms with Crippen molar-refractivity contribution in [1.82, 2.24) is 19.2 Å². The van der Waals surface area contributed by atoms with Gasteiger partial charge in [0, 0.05) is 36.1 Å². The highest BCUT2D eigenvalue weighted by atomic mass is 16.1. The van der Waals surface area contributed by atoms with Crippen molar-refractivity contribution in [2.24, 2.45) is 5.92 Å². The third kappa shape index (κ3) is 2.79. The Morgan fingerprint density at radius 3 is 2.77 bits per heavy atom. The standard InChI is InChI=1S/C17H20N4O/c1-12(2)4-7-20-8-5-14(10-16(20)22)15-6-9-21-17(19-15)13(3)11-18-21/h5-6,8-12H,4,7H2,1-3H3. The third-order valence-corrected chi connectivity index (χ3v) is 3.78. The summed E-state index contributed by atoms with van der Waals surface area (Å²) in [4.78, 5) is 16.8. The van der Waals surface area contributed by atoms with E-state index in [4.69, 9.17) is 0 Å². The summed E-state index contributed by atoms with van der Waals surface area (Å²) in [5.41, 5.74) is 3.50. The molecule has 3 aromatic rings. The van der Waals surface area contributed by atoms with Crippen LogP contribution in [0.5, 0.6) is 0 Å². The molecule has 0 amide bonds. The molecule has 22 heavy (non-hydrogen) atoms. The molecule has 0 atom stereocenters. The van der Waals surface area contributed by atoms with Gasteiger partial charge in [0.05, 0.1) is 11.9 Å². The van der Waals surface area contributed by atoms with Gasteiger partial charge in [-0.15, -0.1) is 0 Å².